The van der Waals surface area contributed by atoms with E-state index in [9.17, 15) is 23.4 Å². The van der Waals surface area contributed by atoms with Crippen LogP contribution >= 0.6 is 0 Å². The Labute approximate surface area is 224 Å². The molecule has 1 saturated carbocycles. The van der Waals surface area contributed by atoms with Crippen molar-refractivity contribution in [2.45, 2.75) is 69.5 Å². The van der Waals surface area contributed by atoms with E-state index in [1.165, 1.54) is 31.0 Å². The zero-order valence-electron chi connectivity index (χ0n) is 22.4. The van der Waals surface area contributed by atoms with Crippen LogP contribution in [-0.4, -0.2) is 71.9 Å². The molecule has 1 saturated heterocycles. The van der Waals surface area contributed by atoms with Crippen LogP contribution in [0.5, 0.6) is 0 Å². The number of piperidine rings is 1. The first-order valence-corrected chi connectivity index (χ1v) is 14.3. The molecule has 2 aliphatic rings. The molecule has 0 bridgehead atoms. The molecule has 1 spiro atoms. The topological polar surface area (TPSA) is 157 Å². The van der Waals surface area contributed by atoms with Crippen molar-refractivity contribution in [3.63, 3.8) is 0 Å². The van der Waals surface area contributed by atoms with Gasteiger partial charge in [-0.05, 0) is 83.1 Å². The van der Waals surface area contributed by atoms with Gasteiger partial charge in [-0.1, -0.05) is 6.07 Å². The van der Waals surface area contributed by atoms with Gasteiger partial charge in [-0.25, -0.2) is 23.1 Å². The fourth-order valence-electron chi connectivity index (χ4n) is 4.52. The highest BCUT2D eigenvalue weighted by Crippen LogP contribution is 2.54. The average molecular weight is 547 g/mol. The lowest BCUT2D eigenvalue weighted by atomic mass is 9.93. The Hall–Kier alpha value is -2.80. The van der Waals surface area contributed by atoms with Gasteiger partial charge in [0, 0.05) is 18.6 Å². The van der Waals surface area contributed by atoms with Gasteiger partial charge in [0.2, 0.25) is 0 Å². The minimum atomic E-state index is -3.88. The summed E-state index contributed by atoms with van der Waals surface area (Å²) in [6.07, 6.45) is 4.54. The quantitative estimate of drug-likeness (QED) is 0.318. The zero-order chi connectivity index (χ0) is 27.8. The Morgan fingerprint density at radius 1 is 0.974 bits per heavy atom. The van der Waals surface area contributed by atoms with Crippen LogP contribution in [-0.2, 0) is 10.0 Å². The van der Waals surface area contributed by atoms with E-state index >= 15 is 0 Å². The Morgan fingerprint density at radius 2 is 1.63 bits per heavy atom. The van der Waals surface area contributed by atoms with Crippen LogP contribution in [0.15, 0.2) is 35.4 Å². The number of aliphatic hydroxyl groups excluding tert-OH is 2. The number of pyridine rings is 2. The molecule has 1 aliphatic heterocycles. The van der Waals surface area contributed by atoms with Gasteiger partial charge in [0.15, 0.2) is 5.03 Å². The predicted octanol–water partition coefficient (Wildman–Crippen LogP) is 2.34. The molecule has 1 amide bonds. The van der Waals surface area contributed by atoms with Gasteiger partial charge in [0.25, 0.3) is 15.9 Å². The predicted molar refractivity (Wildman–Crippen MR) is 146 cm³/mol. The first kappa shape index (κ1) is 28.2. The molecule has 1 aliphatic carbocycles. The second kappa shape index (κ2) is 10.4. The fraction of sp³-hybridized carbons (Fsp3) is 0.577. The number of carbonyl (C=O) groups excluding carboxylic acids is 1. The summed E-state index contributed by atoms with van der Waals surface area (Å²) in [6.45, 7) is 7.80. The summed E-state index contributed by atoms with van der Waals surface area (Å²) in [5.41, 5.74) is -0.922. The van der Waals surface area contributed by atoms with Crippen molar-refractivity contribution in [2.75, 3.05) is 41.8 Å². The van der Waals surface area contributed by atoms with Crippen LogP contribution in [0.25, 0.3) is 0 Å². The SMILES string of the molecule is CC(C)(C)NS(=O)(=O)c1cccc(NC(=O)c2ccc(NC(C)(CO)CO)nc2N2CCC3(CC2)CC3)n1. The number of rotatable bonds is 9. The summed E-state index contributed by atoms with van der Waals surface area (Å²) < 4.78 is 28.0. The number of aromatic nitrogens is 2. The van der Waals surface area contributed by atoms with E-state index in [1.54, 1.807) is 39.8 Å². The smallest absolute Gasteiger partial charge is 0.260 e. The molecule has 2 aromatic rings. The highest BCUT2D eigenvalue weighted by Gasteiger charge is 2.45. The Kier molecular flexibility index (Phi) is 7.72. The monoisotopic (exact) mass is 546 g/mol. The molecule has 208 valence electrons. The molecular weight excluding hydrogens is 508 g/mol. The molecule has 11 nitrogen and oxygen atoms in total. The summed E-state index contributed by atoms with van der Waals surface area (Å²) in [6, 6.07) is 7.69. The van der Waals surface area contributed by atoms with Crippen LogP contribution < -0.4 is 20.3 Å². The van der Waals surface area contributed by atoms with Gasteiger partial charge in [-0.15, -0.1) is 0 Å². The van der Waals surface area contributed by atoms with Gasteiger partial charge in [-0.3, -0.25) is 4.79 Å². The first-order valence-electron chi connectivity index (χ1n) is 12.9. The maximum atomic E-state index is 13.4. The Bertz CT molecular complexity index is 1280. The summed E-state index contributed by atoms with van der Waals surface area (Å²) in [5.74, 6) is 0.542. The number of carbonyl (C=O) groups is 1. The van der Waals surface area contributed by atoms with E-state index < -0.39 is 27.0 Å². The number of nitrogens with zero attached hydrogens (tertiary/aromatic N) is 3. The van der Waals surface area contributed by atoms with Gasteiger partial charge in [-0.2, -0.15) is 0 Å². The van der Waals surface area contributed by atoms with Gasteiger partial charge in [0.1, 0.15) is 17.5 Å². The van der Waals surface area contributed by atoms with E-state index in [0.717, 1.165) is 25.9 Å². The molecule has 2 aromatic heterocycles. The molecule has 0 atom stereocenters. The average Bonchev–Trinajstić information content (AvgIpc) is 3.61. The molecule has 5 N–H and O–H groups in total. The molecule has 2 fully saturated rings. The lowest BCUT2D eigenvalue weighted by molar-refractivity contribution is 0.102. The third-order valence-electron chi connectivity index (χ3n) is 7.01. The molecule has 38 heavy (non-hydrogen) atoms. The van der Waals surface area contributed by atoms with Crippen molar-refractivity contribution in [3.05, 3.63) is 35.9 Å². The normalized spacial score (nSPS) is 17.4. The summed E-state index contributed by atoms with van der Waals surface area (Å²) in [4.78, 5) is 24.4. The number of hydrogen-bond donors (Lipinski definition) is 5. The molecule has 0 aromatic carbocycles. The second-order valence-electron chi connectivity index (χ2n) is 11.7. The van der Waals surface area contributed by atoms with Crippen LogP contribution in [0.4, 0.5) is 17.5 Å². The highest BCUT2D eigenvalue weighted by molar-refractivity contribution is 7.89. The van der Waals surface area contributed by atoms with Crippen molar-refractivity contribution in [3.8, 4) is 0 Å². The summed E-state index contributed by atoms with van der Waals surface area (Å²) in [5, 5.41) is 25.0. The largest absolute Gasteiger partial charge is 0.394 e. The minimum Gasteiger partial charge on any atom is -0.394 e. The van der Waals surface area contributed by atoms with Crippen molar-refractivity contribution >= 4 is 33.4 Å². The summed E-state index contributed by atoms with van der Waals surface area (Å²) >= 11 is 0. The van der Waals surface area contributed by atoms with Gasteiger partial charge >= 0.3 is 0 Å². The van der Waals surface area contributed by atoms with E-state index in [1.807, 2.05) is 0 Å². The number of amides is 1. The third kappa shape index (κ3) is 6.60. The number of aliphatic hydroxyl groups is 2. The van der Waals surface area contributed by atoms with Crippen molar-refractivity contribution in [2.24, 2.45) is 5.41 Å². The lowest BCUT2D eigenvalue weighted by Gasteiger charge is -2.34. The van der Waals surface area contributed by atoms with Crippen LogP contribution in [0, 0.1) is 5.41 Å². The van der Waals surface area contributed by atoms with E-state index in [0.29, 0.717) is 22.6 Å². The lowest BCUT2D eigenvalue weighted by Crippen LogP contribution is -2.43. The molecule has 0 radical (unpaired) electrons. The van der Waals surface area contributed by atoms with Gasteiger partial charge in [0.05, 0.1) is 24.3 Å². The van der Waals surface area contributed by atoms with Crippen molar-refractivity contribution in [1.82, 2.24) is 14.7 Å². The van der Waals surface area contributed by atoms with Crippen molar-refractivity contribution < 1.29 is 23.4 Å². The van der Waals surface area contributed by atoms with Gasteiger partial charge < -0.3 is 25.7 Å². The molecular formula is C26H38N6O5S. The number of anilines is 3. The molecule has 4 rings (SSSR count). The van der Waals surface area contributed by atoms with Crippen molar-refractivity contribution in [1.29, 1.82) is 0 Å². The number of nitrogens with one attached hydrogen (secondary N) is 3. The van der Waals surface area contributed by atoms with Crippen LogP contribution in [0.2, 0.25) is 0 Å². The highest BCUT2D eigenvalue weighted by atomic mass is 32.2. The second-order valence-corrected chi connectivity index (χ2v) is 13.4. The Morgan fingerprint density at radius 3 is 2.21 bits per heavy atom. The fourth-order valence-corrected chi connectivity index (χ4v) is 5.90. The Balaban J connectivity index is 1.61. The van der Waals surface area contributed by atoms with E-state index in [4.69, 9.17) is 4.98 Å². The standard InChI is InChI=1S/C26H38N6O5S/c1-24(2,3)31-38(36,37)21-7-5-6-19(27-21)29-23(35)18-8-9-20(30-25(4,16-33)17-34)28-22(18)32-14-12-26(10-11-26)13-15-32/h5-9,31,33-34H,10-17H2,1-4H3,(H,28,30)(H,27,29,35). The molecule has 0 unspecified atom stereocenters. The minimum absolute atomic E-state index is 0.101. The maximum Gasteiger partial charge on any atom is 0.260 e. The maximum absolute atomic E-state index is 13.4. The number of sulfonamides is 1. The molecule has 3 heterocycles. The first-order chi connectivity index (χ1) is 17.8. The zero-order valence-corrected chi connectivity index (χ0v) is 23.2. The van der Waals surface area contributed by atoms with E-state index in [2.05, 4.69) is 25.2 Å². The molecule has 12 heteroatoms. The van der Waals surface area contributed by atoms with Crippen LogP contribution in [0.1, 0.15) is 63.7 Å². The third-order valence-corrected chi connectivity index (χ3v) is 8.67. The number of hydrogen-bond acceptors (Lipinski definition) is 9. The van der Waals surface area contributed by atoms with E-state index in [-0.39, 0.29) is 24.1 Å². The summed E-state index contributed by atoms with van der Waals surface area (Å²) in [7, 11) is -3.88. The van der Waals surface area contributed by atoms with Crippen LogP contribution in [0.3, 0.4) is 0 Å².